The molecular formula is C16H26N2O3. The van der Waals surface area contributed by atoms with Crippen LogP contribution in [0.2, 0.25) is 0 Å². The summed E-state index contributed by atoms with van der Waals surface area (Å²) in [4.78, 5) is 24.2. The summed E-state index contributed by atoms with van der Waals surface area (Å²) < 4.78 is 5.48. The molecule has 3 fully saturated rings. The van der Waals surface area contributed by atoms with Crippen LogP contribution in [-0.4, -0.2) is 37.1 Å². The van der Waals surface area contributed by atoms with E-state index >= 15 is 0 Å². The molecule has 0 aromatic rings. The third-order valence-electron chi connectivity index (χ3n) is 4.94. The molecule has 2 aliphatic carbocycles. The van der Waals surface area contributed by atoms with Crippen molar-refractivity contribution in [3.8, 4) is 0 Å². The number of ether oxygens (including phenoxy) is 1. The van der Waals surface area contributed by atoms with Gasteiger partial charge in [0.25, 0.3) is 0 Å². The Morgan fingerprint density at radius 3 is 2.43 bits per heavy atom. The normalized spacial score (nSPS) is 32.7. The molecule has 3 unspecified atom stereocenters. The van der Waals surface area contributed by atoms with Crippen molar-refractivity contribution in [2.75, 3.05) is 13.2 Å². The SMILES string of the molecule is O=C(NCC1CCCO1)C1CC1C(=O)NC1CCCCC1. The predicted molar refractivity (Wildman–Crippen MR) is 78.6 cm³/mol. The van der Waals surface area contributed by atoms with Crippen LogP contribution in [0, 0.1) is 11.8 Å². The van der Waals surface area contributed by atoms with Crippen LogP contribution in [0.4, 0.5) is 0 Å². The number of amides is 2. The molecule has 0 bridgehead atoms. The second-order valence-electron chi connectivity index (χ2n) is 6.67. The van der Waals surface area contributed by atoms with Crippen molar-refractivity contribution in [3.63, 3.8) is 0 Å². The van der Waals surface area contributed by atoms with Gasteiger partial charge in [-0.15, -0.1) is 0 Å². The first kappa shape index (κ1) is 14.8. The van der Waals surface area contributed by atoms with Gasteiger partial charge in [0, 0.05) is 19.2 Å². The summed E-state index contributed by atoms with van der Waals surface area (Å²) in [7, 11) is 0. The fourth-order valence-corrected chi connectivity index (χ4v) is 3.48. The molecule has 0 aromatic carbocycles. The van der Waals surface area contributed by atoms with Crippen LogP contribution in [0.5, 0.6) is 0 Å². The molecule has 1 saturated heterocycles. The second kappa shape index (κ2) is 6.77. The average Bonchev–Trinajstić information content (AvgIpc) is 3.14. The van der Waals surface area contributed by atoms with Gasteiger partial charge in [0.15, 0.2) is 0 Å². The van der Waals surface area contributed by atoms with Crippen molar-refractivity contribution in [1.82, 2.24) is 10.6 Å². The zero-order chi connectivity index (χ0) is 14.7. The minimum absolute atomic E-state index is 0.0225. The minimum atomic E-state index is -0.116. The number of hydrogen-bond donors (Lipinski definition) is 2. The lowest BCUT2D eigenvalue weighted by atomic mass is 9.95. The van der Waals surface area contributed by atoms with Crippen molar-refractivity contribution in [1.29, 1.82) is 0 Å². The highest BCUT2D eigenvalue weighted by Gasteiger charge is 2.48. The van der Waals surface area contributed by atoms with E-state index in [9.17, 15) is 9.59 Å². The molecule has 3 aliphatic rings. The van der Waals surface area contributed by atoms with E-state index in [1.807, 2.05) is 0 Å². The van der Waals surface area contributed by atoms with E-state index in [2.05, 4.69) is 10.6 Å². The number of nitrogens with one attached hydrogen (secondary N) is 2. The van der Waals surface area contributed by atoms with Crippen LogP contribution in [-0.2, 0) is 14.3 Å². The van der Waals surface area contributed by atoms with E-state index in [0.717, 1.165) is 32.3 Å². The van der Waals surface area contributed by atoms with Crippen molar-refractivity contribution in [2.45, 2.75) is 63.5 Å². The summed E-state index contributed by atoms with van der Waals surface area (Å²) in [6.45, 7) is 1.39. The summed E-state index contributed by atoms with van der Waals surface area (Å²) in [6, 6.07) is 0.336. The van der Waals surface area contributed by atoms with Gasteiger partial charge in [-0.1, -0.05) is 19.3 Å². The van der Waals surface area contributed by atoms with Gasteiger partial charge in [0.2, 0.25) is 11.8 Å². The molecule has 0 aromatic heterocycles. The molecule has 21 heavy (non-hydrogen) atoms. The average molecular weight is 294 g/mol. The van der Waals surface area contributed by atoms with Crippen molar-refractivity contribution < 1.29 is 14.3 Å². The molecule has 2 saturated carbocycles. The van der Waals surface area contributed by atoms with E-state index in [1.54, 1.807) is 0 Å². The molecule has 3 atom stereocenters. The fraction of sp³-hybridized carbons (Fsp3) is 0.875. The molecule has 118 valence electrons. The molecule has 0 radical (unpaired) electrons. The zero-order valence-corrected chi connectivity index (χ0v) is 12.6. The first-order valence-electron chi connectivity index (χ1n) is 8.44. The van der Waals surface area contributed by atoms with Gasteiger partial charge in [0.05, 0.1) is 17.9 Å². The molecule has 2 amide bonds. The lowest BCUT2D eigenvalue weighted by Gasteiger charge is -2.22. The lowest BCUT2D eigenvalue weighted by Crippen LogP contribution is -2.39. The number of hydrogen-bond acceptors (Lipinski definition) is 3. The maximum absolute atomic E-state index is 12.1. The first-order valence-corrected chi connectivity index (χ1v) is 8.44. The predicted octanol–water partition coefficient (Wildman–Crippen LogP) is 1.37. The Kier molecular flexibility index (Phi) is 4.78. The quantitative estimate of drug-likeness (QED) is 0.804. The van der Waals surface area contributed by atoms with E-state index in [1.165, 1.54) is 19.3 Å². The van der Waals surface area contributed by atoms with Crippen LogP contribution in [0.25, 0.3) is 0 Å². The van der Waals surface area contributed by atoms with Gasteiger partial charge in [-0.25, -0.2) is 0 Å². The van der Waals surface area contributed by atoms with Crippen LogP contribution in [0.15, 0.2) is 0 Å². The Morgan fingerprint density at radius 1 is 0.952 bits per heavy atom. The minimum Gasteiger partial charge on any atom is -0.376 e. The maximum atomic E-state index is 12.1. The summed E-state index contributed by atoms with van der Waals surface area (Å²) >= 11 is 0. The number of rotatable bonds is 5. The molecule has 1 heterocycles. The highest BCUT2D eigenvalue weighted by Crippen LogP contribution is 2.39. The molecule has 2 N–H and O–H groups in total. The van der Waals surface area contributed by atoms with Gasteiger partial charge in [-0.3, -0.25) is 9.59 Å². The summed E-state index contributed by atoms with van der Waals surface area (Å²) in [6.07, 6.45) is 8.86. The van der Waals surface area contributed by atoms with Crippen molar-refractivity contribution in [3.05, 3.63) is 0 Å². The van der Waals surface area contributed by atoms with Crippen molar-refractivity contribution in [2.24, 2.45) is 11.8 Å². The van der Waals surface area contributed by atoms with E-state index in [0.29, 0.717) is 19.0 Å². The van der Waals surface area contributed by atoms with Gasteiger partial charge in [0.1, 0.15) is 0 Å². The van der Waals surface area contributed by atoms with Crippen LogP contribution in [0.1, 0.15) is 51.4 Å². The highest BCUT2D eigenvalue weighted by molar-refractivity contribution is 5.92. The highest BCUT2D eigenvalue weighted by atomic mass is 16.5. The van der Waals surface area contributed by atoms with Gasteiger partial charge >= 0.3 is 0 Å². The smallest absolute Gasteiger partial charge is 0.224 e. The Hall–Kier alpha value is -1.10. The molecule has 0 spiro atoms. The molecule has 1 aliphatic heterocycles. The summed E-state index contributed by atoms with van der Waals surface area (Å²) in [5.74, 6) is -0.111. The third kappa shape index (κ3) is 3.96. The molecule has 5 nitrogen and oxygen atoms in total. The first-order chi connectivity index (χ1) is 10.2. The second-order valence-corrected chi connectivity index (χ2v) is 6.67. The molecule has 3 rings (SSSR count). The summed E-state index contributed by atoms with van der Waals surface area (Å²) in [5.41, 5.74) is 0. The fourth-order valence-electron chi connectivity index (χ4n) is 3.48. The summed E-state index contributed by atoms with van der Waals surface area (Å²) in [5, 5.41) is 6.05. The Bertz CT molecular complexity index is 387. The maximum Gasteiger partial charge on any atom is 0.224 e. The topological polar surface area (TPSA) is 67.4 Å². The number of carbonyl (C=O) groups excluding carboxylic acids is 2. The third-order valence-corrected chi connectivity index (χ3v) is 4.94. The van der Waals surface area contributed by atoms with Gasteiger partial charge in [-0.2, -0.15) is 0 Å². The van der Waals surface area contributed by atoms with E-state index in [4.69, 9.17) is 4.74 Å². The standard InChI is InChI=1S/C16H26N2O3/c19-15(17-10-12-7-4-8-21-12)13-9-14(13)16(20)18-11-5-2-1-3-6-11/h11-14H,1-10H2,(H,17,19)(H,18,20). The largest absolute Gasteiger partial charge is 0.376 e. The van der Waals surface area contributed by atoms with Gasteiger partial charge in [-0.05, 0) is 32.1 Å². The Labute approximate surface area is 126 Å². The lowest BCUT2D eigenvalue weighted by molar-refractivity contribution is -0.128. The van der Waals surface area contributed by atoms with Gasteiger partial charge < -0.3 is 15.4 Å². The Morgan fingerprint density at radius 2 is 1.71 bits per heavy atom. The van der Waals surface area contributed by atoms with Crippen LogP contribution >= 0.6 is 0 Å². The van der Waals surface area contributed by atoms with E-state index < -0.39 is 0 Å². The Balaban J connectivity index is 1.36. The van der Waals surface area contributed by atoms with Crippen LogP contribution in [0.3, 0.4) is 0 Å². The van der Waals surface area contributed by atoms with E-state index in [-0.39, 0.29) is 29.8 Å². The van der Waals surface area contributed by atoms with Crippen molar-refractivity contribution >= 4 is 11.8 Å². The zero-order valence-electron chi connectivity index (χ0n) is 12.6. The van der Waals surface area contributed by atoms with Crippen LogP contribution < -0.4 is 10.6 Å². The molecular weight excluding hydrogens is 268 g/mol. The number of carbonyl (C=O) groups is 2. The molecule has 5 heteroatoms. The monoisotopic (exact) mass is 294 g/mol.